The highest BCUT2D eigenvalue weighted by molar-refractivity contribution is 9.11. The molecule has 0 atom stereocenters. The fourth-order valence-corrected chi connectivity index (χ4v) is 10.8. The first-order chi connectivity index (χ1) is 34.4. The molecule has 70 heavy (non-hydrogen) atoms. The largest absolute Gasteiger partial charge is 1.00 e. The summed E-state index contributed by atoms with van der Waals surface area (Å²) in [6, 6.07) is 66.8. The number of halogens is 2. The molecule has 10 aromatic carbocycles. The van der Waals surface area contributed by atoms with Crippen LogP contribution in [0.3, 0.4) is 0 Å². The molecule has 7 nitrogen and oxygen atoms in total. The van der Waals surface area contributed by atoms with Crippen LogP contribution in [0.5, 0.6) is 0 Å². The van der Waals surface area contributed by atoms with Gasteiger partial charge in [0, 0.05) is 81.6 Å². The number of hydrogen-bond donors (Lipinski definition) is 2. The fraction of sp³-hybridized carbons (Fsp3) is 0. The molecule has 336 valence electrons. The van der Waals surface area contributed by atoms with Gasteiger partial charge in [-0.1, -0.05) is 170 Å². The van der Waals surface area contributed by atoms with Crippen molar-refractivity contribution in [1.29, 1.82) is 0 Å². The normalized spacial score (nSPS) is 11.7. The average molecular weight is 1040 g/mol. The van der Waals surface area contributed by atoms with E-state index >= 15 is 0 Å². The average Bonchev–Trinajstić information content (AvgIpc) is 4.23. The van der Waals surface area contributed by atoms with Crippen molar-refractivity contribution < 1.29 is 33.6 Å². The van der Waals surface area contributed by atoms with Crippen LogP contribution in [0.15, 0.2) is 231 Å². The molecule has 15 aromatic rings. The lowest BCUT2D eigenvalue weighted by Crippen LogP contribution is -2.29. The van der Waals surface area contributed by atoms with Gasteiger partial charge < -0.3 is 33.6 Å². The molecule has 0 saturated carbocycles. The Hall–Kier alpha value is -7.86. The fourth-order valence-electron chi connectivity index (χ4n) is 9.89. The number of fused-ring (bicyclic) bond motifs is 15. The number of hydrogen-bond acceptors (Lipinski definition) is 7. The Bertz CT molecular complexity index is 4300. The highest BCUT2D eigenvalue weighted by Crippen LogP contribution is 2.45. The van der Waals surface area contributed by atoms with E-state index in [9.17, 15) is 10.0 Å². The molecular formula is C60H36BBr2O7-. The molecule has 5 aromatic heterocycles. The molecule has 0 aliphatic carbocycles. The van der Waals surface area contributed by atoms with E-state index in [4.69, 9.17) is 22.1 Å². The molecule has 5 heterocycles. The minimum Gasteiger partial charge on any atom is -1.00 e. The predicted molar refractivity (Wildman–Crippen MR) is 293 cm³/mol. The van der Waals surface area contributed by atoms with Gasteiger partial charge in [-0.3, -0.25) is 0 Å². The first-order valence-electron chi connectivity index (χ1n) is 22.7. The van der Waals surface area contributed by atoms with Crippen LogP contribution in [0, 0.1) is 0 Å². The second kappa shape index (κ2) is 17.0. The minimum atomic E-state index is -1.51. The summed E-state index contributed by atoms with van der Waals surface area (Å²) in [5, 5.41) is 29.3. The van der Waals surface area contributed by atoms with Crippen LogP contribution in [0.2, 0.25) is 0 Å². The van der Waals surface area contributed by atoms with Crippen molar-refractivity contribution in [3.05, 3.63) is 209 Å². The van der Waals surface area contributed by atoms with Crippen molar-refractivity contribution in [3.63, 3.8) is 0 Å². The van der Waals surface area contributed by atoms with E-state index in [0.717, 1.165) is 135 Å². The topological polar surface area (TPSA) is 106 Å². The van der Waals surface area contributed by atoms with E-state index in [2.05, 4.69) is 129 Å². The molecule has 0 amide bonds. The molecule has 15 rings (SSSR count). The van der Waals surface area contributed by atoms with Crippen molar-refractivity contribution in [2.45, 2.75) is 0 Å². The second-order valence-corrected chi connectivity index (χ2v) is 18.8. The quantitative estimate of drug-likeness (QED) is 0.170. The molecule has 0 radical (unpaired) electrons. The highest BCUT2D eigenvalue weighted by atomic mass is 79.9. The Balaban J connectivity index is 0.000000132. The van der Waals surface area contributed by atoms with Gasteiger partial charge in [0.25, 0.3) is 0 Å². The Morgan fingerprint density at radius 3 is 0.943 bits per heavy atom. The SMILES string of the molecule is Brc1cccc2c1oc1c(Br)cccc12.OB(O)c1cccc2c1oc1ccccc12.[2H-].c1ccc2c(c1)oc1c(-c3cccc4c3oc3c(-c5cccc6c5oc5ccccc56)cccc34)cccc12. The summed E-state index contributed by atoms with van der Waals surface area (Å²) in [5.41, 5.74) is 12.8. The Kier molecular flexibility index (Phi) is 10.2. The third-order valence-corrected chi connectivity index (χ3v) is 14.3. The lowest BCUT2D eigenvalue weighted by Gasteiger charge is -2.04. The maximum Gasteiger partial charge on any atom is 0.492 e. The number of rotatable bonds is 3. The minimum absolute atomic E-state index is 0. The Morgan fingerprint density at radius 1 is 0.271 bits per heavy atom. The van der Waals surface area contributed by atoms with Crippen molar-refractivity contribution in [3.8, 4) is 22.3 Å². The van der Waals surface area contributed by atoms with E-state index in [1.807, 2.05) is 91.0 Å². The van der Waals surface area contributed by atoms with E-state index in [0.29, 0.717) is 11.0 Å². The van der Waals surface area contributed by atoms with E-state index < -0.39 is 7.12 Å². The van der Waals surface area contributed by atoms with Crippen LogP contribution in [0.4, 0.5) is 0 Å². The van der Waals surface area contributed by atoms with Gasteiger partial charge in [0.1, 0.15) is 55.8 Å². The van der Waals surface area contributed by atoms with Crippen molar-refractivity contribution in [2.75, 3.05) is 0 Å². The molecule has 0 spiro atoms. The van der Waals surface area contributed by atoms with Gasteiger partial charge in [-0.25, -0.2) is 0 Å². The summed E-state index contributed by atoms with van der Waals surface area (Å²) in [7, 11) is -1.51. The van der Waals surface area contributed by atoms with Gasteiger partial charge in [0.2, 0.25) is 0 Å². The molecule has 10 heteroatoms. The van der Waals surface area contributed by atoms with Gasteiger partial charge in [-0.2, -0.15) is 0 Å². The van der Waals surface area contributed by atoms with Crippen LogP contribution in [0.25, 0.3) is 132 Å². The summed E-state index contributed by atoms with van der Waals surface area (Å²) in [4.78, 5) is 0. The van der Waals surface area contributed by atoms with Gasteiger partial charge in [-0.15, -0.1) is 0 Å². The van der Waals surface area contributed by atoms with Crippen LogP contribution in [0.1, 0.15) is 1.43 Å². The molecule has 0 aliphatic heterocycles. The third-order valence-electron chi connectivity index (χ3n) is 13.1. The summed E-state index contributed by atoms with van der Waals surface area (Å²) < 4.78 is 33.0. The maximum absolute atomic E-state index is 9.24. The summed E-state index contributed by atoms with van der Waals surface area (Å²) >= 11 is 6.98. The van der Waals surface area contributed by atoms with Gasteiger partial charge in [-0.05, 0) is 62.2 Å². The zero-order chi connectivity index (χ0) is 47.0. The first-order valence-corrected chi connectivity index (χ1v) is 24.3. The van der Waals surface area contributed by atoms with Crippen molar-refractivity contribution in [2.24, 2.45) is 0 Å². The van der Waals surface area contributed by atoms with E-state index in [1.54, 1.807) is 12.1 Å². The molecule has 0 fully saturated rings. The first kappa shape index (κ1) is 42.3. The Labute approximate surface area is 416 Å². The second-order valence-electron chi connectivity index (χ2n) is 17.1. The number of furan rings is 5. The van der Waals surface area contributed by atoms with Crippen LogP contribution >= 0.6 is 31.9 Å². The van der Waals surface area contributed by atoms with Crippen molar-refractivity contribution in [1.82, 2.24) is 0 Å². The van der Waals surface area contributed by atoms with Crippen LogP contribution in [-0.4, -0.2) is 17.2 Å². The Morgan fingerprint density at radius 2 is 0.543 bits per heavy atom. The van der Waals surface area contributed by atoms with E-state index in [1.165, 1.54) is 0 Å². The van der Waals surface area contributed by atoms with Gasteiger partial charge in [0.15, 0.2) is 0 Å². The lowest BCUT2D eigenvalue weighted by atomic mass is 9.79. The monoisotopic (exact) mass is 1040 g/mol. The van der Waals surface area contributed by atoms with E-state index in [-0.39, 0.29) is 1.43 Å². The molecule has 0 unspecified atom stereocenters. The summed E-state index contributed by atoms with van der Waals surface area (Å²) in [6.45, 7) is 0. The molecule has 0 aliphatic rings. The zero-order valence-electron chi connectivity index (χ0n) is 37.8. The smallest absolute Gasteiger partial charge is 0.492 e. The standard InChI is InChI=1S/C36H20O3.C12H9BO3.C12H6Br2O.H/c1-3-19-31-21(9-1)23-11-5-13-25(33(23)37-31)27-15-7-17-29-30-18-8-16-28(36(30)39-35(27)29)26-14-6-12-24-22-10-2-4-20-32(22)38-34(24)26;14-13(15)10-6-3-5-9-8-4-1-2-7-11(8)16-12(9)10;13-9-5-1-3-7-8-4-2-6-10(14)12(8)15-11(7)9;/h1-20H;1-7,14-15H;1-6H;/q;;;-1/i;;;1+1. The lowest BCUT2D eigenvalue weighted by molar-refractivity contribution is 0.425. The van der Waals surface area contributed by atoms with Gasteiger partial charge >= 0.3 is 7.12 Å². The highest BCUT2D eigenvalue weighted by Gasteiger charge is 2.22. The molecule has 0 saturated heterocycles. The van der Waals surface area contributed by atoms with Crippen LogP contribution < -0.4 is 5.46 Å². The third kappa shape index (κ3) is 6.86. The molecule has 0 bridgehead atoms. The van der Waals surface area contributed by atoms with Gasteiger partial charge in [0.05, 0.1) is 8.95 Å². The zero-order valence-corrected chi connectivity index (χ0v) is 40.0. The van der Waals surface area contributed by atoms with Crippen LogP contribution in [-0.2, 0) is 0 Å². The summed E-state index contributed by atoms with van der Waals surface area (Å²) in [6.07, 6.45) is 0. The predicted octanol–water partition coefficient (Wildman–Crippen LogP) is 17.2. The van der Waals surface area contributed by atoms with Crippen molar-refractivity contribution >= 4 is 154 Å². The molecule has 2 N–H and O–H groups in total. The summed E-state index contributed by atoms with van der Waals surface area (Å²) in [5.74, 6) is 0. The number of para-hydroxylation sites is 10. The number of benzene rings is 10. The maximum atomic E-state index is 9.24. The molecular weight excluding hydrogens is 1000 g/mol.